The molecule has 0 amide bonds. The van der Waals surface area contributed by atoms with E-state index >= 15 is 0 Å². The fraction of sp³-hybridized carbons (Fsp3) is 0.556. The molecular formula is C81H92Cl6N18O6. The molecule has 3 saturated carbocycles. The van der Waals surface area contributed by atoms with Crippen LogP contribution in [0.3, 0.4) is 0 Å². The first-order chi connectivity index (χ1) is 53.4. The van der Waals surface area contributed by atoms with E-state index in [4.69, 9.17) is 115 Å². The van der Waals surface area contributed by atoms with Crippen molar-refractivity contribution in [1.82, 2.24) is 73.9 Å². The Morgan fingerprint density at radius 3 is 1.14 bits per heavy atom. The summed E-state index contributed by atoms with van der Waals surface area (Å²) in [6, 6.07) is 16.7. The second-order valence-electron chi connectivity index (χ2n) is 34.0. The molecule has 6 aliphatic heterocycles. The minimum atomic E-state index is -0.735. The number of hydrogen-bond acceptors (Lipinski definition) is 18. The van der Waals surface area contributed by atoms with Crippen LogP contribution in [0.15, 0.2) is 73.2 Å². The third kappa shape index (κ3) is 14.4. The molecule has 6 saturated heterocycles. The molecule has 9 aromatic rings. The summed E-state index contributed by atoms with van der Waals surface area (Å²) in [6.07, 6.45) is 15.2. The van der Waals surface area contributed by atoms with E-state index in [1.165, 1.54) is 6.42 Å². The molecule has 0 bridgehead atoms. The number of carbonyl (C=O) groups is 3. The van der Waals surface area contributed by atoms with Gasteiger partial charge in [-0.3, -0.25) is 24.2 Å². The molecule has 9 aliphatic rings. The number of nitrogens with zero attached hydrogens (tertiary/aromatic N) is 18. The van der Waals surface area contributed by atoms with E-state index in [0.717, 1.165) is 173 Å². The first kappa shape index (κ1) is 75.1. The van der Waals surface area contributed by atoms with Crippen LogP contribution in [0.25, 0.3) is 33.5 Å². The number of carboxylic acids is 3. The Morgan fingerprint density at radius 2 is 0.766 bits per heavy atom. The summed E-state index contributed by atoms with van der Waals surface area (Å²) in [5.41, 5.74) is 9.23. The molecule has 24 nitrogen and oxygen atoms in total. The van der Waals surface area contributed by atoms with Gasteiger partial charge in [0, 0.05) is 120 Å². The van der Waals surface area contributed by atoms with Crippen molar-refractivity contribution in [3.63, 3.8) is 0 Å². The summed E-state index contributed by atoms with van der Waals surface area (Å²) < 4.78 is 6.01. The molecular weight excluding hydrogens is 1530 g/mol. The van der Waals surface area contributed by atoms with Gasteiger partial charge in [-0.05, 0) is 212 Å². The Hall–Kier alpha value is -7.26. The summed E-state index contributed by atoms with van der Waals surface area (Å²) in [5.74, 6) is 1.93. The van der Waals surface area contributed by atoms with Gasteiger partial charge in [0.25, 0.3) is 0 Å². The molecule has 3 aromatic carbocycles. The molecule has 6 aromatic heterocycles. The first-order valence-electron chi connectivity index (χ1n) is 39.6. The normalized spacial score (nSPS) is 27.3. The molecule has 30 heteroatoms. The van der Waals surface area contributed by atoms with Crippen LogP contribution >= 0.6 is 69.6 Å². The predicted molar refractivity (Wildman–Crippen MR) is 429 cm³/mol. The molecule has 2 unspecified atom stereocenters. The number of piperidine rings is 3. The van der Waals surface area contributed by atoms with Crippen molar-refractivity contribution in [2.75, 3.05) is 93.2 Å². The summed E-state index contributed by atoms with van der Waals surface area (Å²) in [6.45, 7) is 18.2. The topological polar surface area (TPSA) is 262 Å². The molecule has 111 heavy (non-hydrogen) atoms. The minimum absolute atomic E-state index is 0.153. The van der Waals surface area contributed by atoms with E-state index in [-0.39, 0.29) is 65.7 Å². The number of aliphatic carboxylic acids is 3. The maximum atomic E-state index is 12.4. The van der Waals surface area contributed by atoms with Gasteiger partial charge < -0.3 is 34.9 Å². The number of aromatic nitrogens is 12. The van der Waals surface area contributed by atoms with Crippen molar-refractivity contribution >= 4 is 138 Å². The zero-order valence-corrected chi connectivity index (χ0v) is 67.1. The molecule has 0 spiro atoms. The first-order valence-corrected chi connectivity index (χ1v) is 41.9. The van der Waals surface area contributed by atoms with Crippen molar-refractivity contribution in [1.29, 1.82) is 0 Å². The average molecular weight is 1630 g/mol. The van der Waals surface area contributed by atoms with Crippen LogP contribution in [0, 0.1) is 85.9 Å². The van der Waals surface area contributed by atoms with Gasteiger partial charge in [0.1, 0.15) is 34.0 Å². The standard InChI is InChI=1S/C81H92Cl6N18O6/c1-41-73-76(103(94-41)44(4)62-10-7-56(82)24-65(62)85)91-70(27-88-73)101-37-54(38-101)51-14-45(30-98(33-51)60-20-49(21-60)80(108)109)17-69(64-12-9-58(84)26-67(64)87)105-78-75(43(3)96-105)90-29-72(93-78)102-39-55(40-102)52-15-46(31-99(34-52)61-22-50(23-61)81(110)111)16-68(63-11-8-57(83)25-66(63)86)104-77-74(42(2)95-104)89-28-71(92-77)100-35-53(36-100)47-6-5-13-97(32-47)59-18-48(19-59)79(106)107/h7-12,24-29,44-55,59-61,68-69H,5-6,13-23,30-40H2,1-4H3,(H,106,107)(H,108,109)(H,110,111)/t44-,45?,46?,47-,48?,49?,50?,51+,52+,59?,60?,61?,68-,69-/m1/s1. The van der Waals surface area contributed by atoms with Crippen LogP contribution in [0.2, 0.25) is 30.1 Å². The molecule has 18 rings (SSSR count). The molecule has 584 valence electrons. The number of carboxylic acid groups (broad SMARTS) is 3. The quantitative estimate of drug-likeness (QED) is 0.0569. The number of rotatable bonds is 22. The van der Waals surface area contributed by atoms with Gasteiger partial charge >= 0.3 is 17.9 Å². The van der Waals surface area contributed by atoms with E-state index in [0.29, 0.717) is 127 Å². The van der Waals surface area contributed by atoms with Crippen molar-refractivity contribution < 1.29 is 29.7 Å². The zero-order chi connectivity index (χ0) is 76.7. The number of aryl methyl sites for hydroxylation is 3. The number of halogens is 6. The van der Waals surface area contributed by atoms with E-state index in [9.17, 15) is 29.7 Å². The van der Waals surface area contributed by atoms with Crippen LogP contribution in [-0.2, 0) is 14.4 Å². The van der Waals surface area contributed by atoms with E-state index < -0.39 is 17.9 Å². The third-order valence-corrected chi connectivity index (χ3v) is 28.8. The van der Waals surface area contributed by atoms with Crippen LogP contribution in [0.1, 0.15) is 136 Å². The Morgan fingerprint density at radius 1 is 0.423 bits per heavy atom. The molecule has 12 heterocycles. The number of anilines is 3. The van der Waals surface area contributed by atoms with Gasteiger partial charge in [-0.15, -0.1) is 0 Å². The van der Waals surface area contributed by atoms with Gasteiger partial charge in [-0.25, -0.2) is 43.9 Å². The second kappa shape index (κ2) is 30.2. The smallest absolute Gasteiger partial charge is 0.306 e. The number of likely N-dealkylation sites (tertiary alicyclic amines) is 3. The summed E-state index contributed by atoms with van der Waals surface area (Å²) in [5, 5.41) is 48.6. The summed E-state index contributed by atoms with van der Waals surface area (Å²) in [7, 11) is 0. The Labute approximate surface area is 674 Å². The second-order valence-corrected chi connectivity index (χ2v) is 36.5. The van der Waals surface area contributed by atoms with Crippen molar-refractivity contribution in [2.45, 2.75) is 141 Å². The fourth-order valence-corrected chi connectivity index (χ4v) is 22.0. The Kier molecular flexibility index (Phi) is 20.4. The third-order valence-electron chi connectivity index (χ3n) is 27.1. The summed E-state index contributed by atoms with van der Waals surface area (Å²) in [4.78, 5) is 82.3. The highest BCUT2D eigenvalue weighted by Gasteiger charge is 2.49. The summed E-state index contributed by atoms with van der Waals surface area (Å²) >= 11 is 41.0. The number of hydrogen-bond donors (Lipinski definition) is 3. The van der Waals surface area contributed by atoms with Crippen LogP contribution in [0.4, 0.5) is 17.5 Å². The molecule has 8 atom stereocenters. The lowest BCUT2D eigenvalue weighted by atomic mass is 9.72. The lowest BCUT2D eigenvalue weighted by molar-refractivity contribution is -0.148. The minimum Gasteiger partial charge on any atom is -0.481 e. The van der Waals surface area contributed by atoms with Crippen molar-refractivity contribution in [3.05, 3.63) is 137 Å². The zero-order valence-electron chi connectivity index (χ0n) is 62.6. The van der Waals surface area contributed by atoms with Crippen molar-refractivity contribution in [2.24, 2.45) is 65.1 Å². The Bertz CT molecular complexity index is 5090. The predicted octanol–water partition coefficient (Wildman–Crippen LogP) is 14.4. The van der Waals surface area contributed by atoms with E-state index in [1.807, 2.05) is 86.5 Å². The van der Waals surface area contributed by atoms with E-state index in [1.54, 1.807) is 12.1 Å². The molecule has 3 N–H and O–H groups in total. The molecule has 3 aliphatic carbocycles. The monoisotopic (exact) mass is 1620 g/mol. The highest BCUT2D eigenvalue weighted by atomic mass is 35.5. The van der Waals surface area contributed by atoms with E-state index in [2.05, 4.69) is 45.7 Å². The van der Waals surface area contributed by atoms with Gasteiger partial charge in [-0.2, -0.15) is 15.3 Å². The highest BCUT2D eigenvalue weighted by Crippen LogP contribution is 2.49. The largest absolute Gasteiger partial charge is 0.481 e. The average Bonchev–Trinajstić information content (AvgIpc) is 1.69. The molecule has 9 fully saturated rings. The maximum Gasteiger partial charge on any atom is 0.306 e. The SMILES string of the molecule is Cc1nn([C@H](C)c2ccc(Cl)cc2Cl)c2nc(N3CC([C@H]4CC(C[C@H](c5ccc(Cl)cc5Cl)n5nc(C)c6ncc(N7CC([C@H]8CC(C[C@H](c9ccc(Cl)cc9Cl)n9nc(C)c%10ncc(N%11CC([C@@H]%12CCCN(C%13CC(C(=O)O)C%13)C%12)C%11)nc%109)CN(C9CC(C(=O)O)C9)C8)C7)nc65)CN(C5CC(C(=O)O)C5)C4)C3)cnc12. The number of fused-ring (bicyclic) bond motifs is 3. The fourth-order valence-electron chi connectivity index (χ4n) is 20.4. The van der Waals surface area contributed by atoms with Crippen LogP contribution < -0.4 is 14.7 Å². The highest BCUT2D eigenvalue weighted by molar-refractivity contribution is 6.36. The van der Waals surface area contributed by atoms with Gasteiger partial charge in [0.05, 0.1) is 71.6 Å². The number of benzene rings is 3. The lowest BCUT2D eigenvalue weighted by Crippen LogP contribution is -2.58. The van der Waals surface area contributed by atoms with Crippen LogP contribution in [-0.4, -0.2) is 204 Å². The van der Waals surface area contributed by atoms with Gasteiger partial charge in [-0.1, -0.05) is 87.8 Å². The van der Waals surface area contributed by atoms with Gasteiger partial charge in [0.15, 0.2) is 16.9 Å². The van der Waals surface area contributed by atoms with Crippen LogP contribution in [0.5, 0.6) is 0 Å². The van der Waals surface area contributed by atoms with Gasteiger partial charge in [0.2, 0.25) is 0 Å². The van der Waals surface area contributed by atoms with Crippen molar-refractivity contribution in [3.8, 4) is 0 Å². The Balaban J connectivity index is 0.592. The maximum absolute atomic E-state index is 12.4. The molecule has 0 radical (unpaired) electrons. The lowest BCUT2D eigenvalue weighted by Gasteiger charge is -2.52.